The number of nitrogens with one attached hydrogen (secondary N) is 2. The first-order valence-corrected chi connectivity index (χ1v) is 20.1. The van der Waals surface area contributed by atoms with E-state index >= 15 is 0 Å². The summed E-state index contributed by atoms with van der Waals surface area (Å²) in [6, 6.07) is 27.8. The van der Waals surface area contributed by atoms with Gasteiger partial charge in [0, 0.05) is 24.5 Å². The first-order valence-electron chi connectivity index (χ1n) is 20.1. The normalized spacial score (nSPS) is 11.7. The highest BCUT2D eigenvalue weighted by Crippen LogP contribution is 2.36. The van der Waals surface area contributed by atoms with Crippen LogP contribution in [-0.4, -0.2) is 13.1 Å². The van der Waals surface area contributed by atoms with Gasteiger partial charge in [0.15, 0.2) is 0 Å². The maximum Gasteiger partial charge on any atom is 0.0346 e. The number of unbranched alkanes of at least 4 members (excludes halogenated alkanes) is 18. The Kier molecular flexibility index (Phi) is 15.2. The van der Waals surface area contributed by atoms with E-state index in [4.69, 9.17) is 0 Å². The van der Waals surface area contributed by atoms with Crippen molar-refractivity contribution in [2.75, 3.05) is 23.7 Å². The molecule has 48 heavy (non-hydrogen) atoms. The molecule has 0 fully saturated rings. The van der Waals surface area contributed by atoms with E-state index in [0.29, 0.717) is 0 Å². The van der Waals surface area contributed by atoms with Gasteiger partial charge in [0.1, 0.15) is 0 Å². The highest BCUT2D eigenvalue weighted by molar-refractivity contribution is 6.22. The van der Waals surface area contributed by atoms with E-state index in [1.807, 2.05) is 0 Å². The van der Waals surface area contributed by atoms with E-state index in [1.54, 1.807) is 0 Å². The van der Waals surface area contributed by atoms with Crippen LogP contribution in [0.3, 0.4) is 0 Å². The zero-order valence-electron chi connectivity index (χ0n) is 30.5. The Labute approximate surface area is 292 Å². The summed E-state index contributed by atoms with van der Waals surface area (Å²) in [5, 5.41) is 18.1. The third-order valence-electron chi connectivity index (χ3n) is 10.5. The number of benzene rings is 5. The van der Waals surface area contributed by atoms with Crippen molar-refractivity contribution in [2.45, 2.75) is 142 Å². The molecule has 2 N–H and O–H groups in total. The van der Waals surface area contributed by atoms with Crippen LogP contribution in [0.25, 0.3) is 43.1 Å². The topological polar surface area (TPSA) is 24.1 Å². The van der Waals surface area contributed by atoms with Gasteiger partial charge in [-0.1, -0.05) is 178 Å². The molecule has 0 saturated carbocycles. The van der Waals surface area contributed by atoms with Gasteiger partial charge in [-0.2, -0.15) is 0 Å². The lowest BCUT2D eigenvalue weighted by molar-refractivity contribution is 0.560. The molecule has 5 aromatic carbocycles. The van der Waals surface area contributed by atoms with E-state index in [2.05, 4.69) is 97.3 Å². The van der Waals surface area contributed by atoms with Crippen molar-refractivity contribution in [3.63, 3.8) is 0 Å². The number of rotatable bonds is 24. The Morgan fingerprint density at radius 1 is 0.312 bits per heavy atom. The molecule has 0 aliphatic heterocycles. The first-order chi connectivity index (χ1) is 23.8. The third-order valence-corrected chi connectivity index (χ3v) is 10.5. The van der Waals surface area contributed by atoms with Gasteiger partial charge in [-0.05, 0) is 80.2 Å². The van der Waals surface area contributed by atoms with Gasteiger partial charge in [-0.3, -0.25) is 0 Å². The molecular weight excluding hydrogens is 581 g/mol. The minimum Gasteiger partial charge on any atom is -0.385 e. The molecule has 0 radical (unpaired) electrons. The highest BCUT2D eigenvalue weighted by atomic mass is 14.9. The Morgan fingerprint density at radius 3 is 0.979 bits per heavy atom. The molecule has 5 aromatic rings. The SMILES string of the molecule is CCCCCCCCCCCCNc1ccc2c(ccc3c2ccc2c4ccc(NCCCCCCCCCCCC)cc4ccc23)c1. The smallest absolute Gasteiger partial charge is 0.0346 e. The van der Waals surface area contributed by atoms with Crippen LogP contribution in [0.4, 0.5) is 11.4 Å². The quantitative estimate of drug-likeness (QED) is 0.0516. The summed E-state index contributed by atoms with van der Waals surface area (Å²) in [7, 11) is 0. The van der Waals surface area contributed by atoms with Crippen LogP contribution in [0.5, 0.6) is 0 Å². The molecule has 0 saturated heterocycles. The molecule has 0 bridgehead atoms. The molecule has 0 aliphatic carbocycles. The van der Waals surface area contributed by atoms with Gasteiger partial charge >= 0.3 is 0 Å². The second-order valence-corrected chi connectivity index (χ2v) is 14.5. The van der Waals surface area contributed by atoms with Crippen LogP contribution in [0.2, 0.25) is 0 Å². The molecule has 0 spiro atoms. The molecule has 0 heterocycles. The van der Waals surface area contributed by atoms with E-state index < -0.39 is 0 Å². The van der Waals surface area contributed by atoms with E-state index in [-0.39, 0.29) is 0 Å². The van der Waals surface area contributed by atoms with Gasteiger partial charge in [-0.15, -0.1) is 0 Å². The molecule has 2 nitrogen and oxygen atoms in total. The predicted molar refractivity (Wildman–Crippen MR) is 217 cm³/mol. The maximum absolute atomic E-state index is 3.69. The van der Waals surface area contributed by atoms with Crippen LogP contribution in [0, 0.1) is 0 Å². The molecule has 2 heteroatoms. The van der Waals surface area contributed by atoms with Crippen molar-refractivity contribution in [3.8, 4) is 0 Å². The minimum absolute atomic E-state index is 1.06. The molecule has 5 rings (SSSR count). The van der Waals surface area contributed by atoms with Crippen LogP contribution >= 0.6 is 0 Å². The molecule has 0 unspecified atom stereocenters. The lowest BCUT2D eigenvalue weighted by Crippen LogP contribution is -2.01. The third kappa shape index (κ3) is 10.6. The molecular formula is C46H64N2. The van der Waals surface area contributed by atoms with Crippen LogP contribution in [-0.2, 0) is 0 Å². The Bertz CT molecular complexity index is 1540. The summed E-state index contributed by atoms with van der Waals surface area (Å²) in [5.74, 6) is 0. The second kappa shape index (κ2) is 20.3. The Morgan fingerprint density at radius 2 is 0.604 bits per heavy atom. The monoisotopic (exact) mass is 645 g/mol. The summed E-state index contributed by atoms with van der Waals surface area (Å²) < 4.78 is 0. The van der Waals surface area contributed by atoms with Gasteiger partial charge in [0.05, 0.1) is 0 Å². The number of fused-ring (bicyclic) bond motifs is 7. The van der Waals surface area contributed by atoms with E-state index in [0.717, 1.165) is 13.1 Å². The highest BCUT2D eigenvalue weighted by Gasteiger charge is 2.09. The number of hydrogen-bond donors (Lipinski definition) is 2. The summed E-state index contributed by atoms with van der Waals surface area (Å²) in [4.78, 5) is 0. The van der Waals surface area contributed by atoms with Gasteiger partial charge in [-0.25, -0.2) is 0 Å². The molecule has 0 atom stereocenters. The fourth-order valence-electron chi connectivity index (χ4n) is 7.61. The molecule has 0 aliphatic rings. The van der Waals surface area contributed by atoms with Crippen molar-refractivity contribution in [3.05, 3.63) is 72.8 Å². The predicted octanol–water partition coefficient (Wildman–Crippen LogP) is 15.0. The Balaban J connectivity index is 1.11. The minimum atomic E-state index is 1.06. The Hall–Kier alpha value is -3.26. The van der Waals surface area contributed by atoms with Gasteiger partial charge < -0.3 is 10.6 Å². The second-order valence-electron chi connectivity index (χ2n) is 14.5. The van der Waals surface area contributed by atoms with Crippen molar-refractivity contribution in [1.29, 1.82) is 0 Å². The van der Waals surface area contributed by atoms with Crippen LogP contribution < -0.4 is 10.6 Å². The van der Waals surface area contributed by atoms with Crippen molar-refractivity contribution in [2.24, 2.45) is 0 Å². The van der Waals surface area contributed by atoms with Crippen molar-refractivity contribution < 1.29 is 0 Å². The van der Waals surface area contributed by atoms with Crippen molar-refractivity contribution in [1.82, 2.24) is 0 Å². The summed E-state index contributed by atoms with van der Waals surface area (Å²) in [5.41, 5.74) is 2.48. The number of hydrogen-bond acceptors (Lipinski definition) is 2. The largest absolute Gasteiger partial charge is 0.385 e. The molecule has 258 valence electrons. The lowest BCUT2D eigenvalue weighted by Gasteiger charge is -2.13. The zero-order chi connectivity index (χ0) is 33.2. The summed E-state index contributed by atoms with van der Waals surface area (Å²) in [6.07, 6.45) is 27.6. The van der Waals surface area contributed by atoms with E-state index in [1.165, 1.54) is 183 Å². The van der Waals surface area contributed by atoms with Gasteiger partial charge in [0.2, 0.25) is 0 Å². The fourth-order valence-corrected chi connectivity index (χ4v) is 7.61. The van der Waals surface area contributed by atoms with Gasteiger partial charge in [0.25, 0.3) is 0 Å². The molecule has 0 aromatic heterocycles. The first kappa shape index (κ1) is 36.0. The van der Waals surface area contributed by atoms with E-state index in [9.17, 15) is 0 Å². The van der Waals surface area contributed by atoms with Crippen molar-refractivity contribution >= 4 is 54.5 Å². The standard InChI is InChI=1S/C46H64N2/c1-3-5-7-9-11-13-15-17-19-21-33-47-39-25-29-41-37(35-39)23-27-45-43(41)31-32-44-42-30-26-40(36-38(42)24-28-46(44)45)48-34-22-20-18-16-14-12-10-8-6-4-2/h23-32,35-36,47-48H,3-22,33-34H2,1-2H3. The molecule has 0 amide bonds. The number of anilines is 2. The lowest BCUT2D eigenvalue weighted by atomic mass is 9.94. The average Bonchev–Trinajstić information content (AvgIpc) is 3.12. The van der Waals surface area contributed by atoms with Crippen LogP contribution in [0.15, 0.2) is 72.8 Å². The van der Waals surface area contributed by atoms with Crippen LogP contribution in [0.1, 0.15) is 142 Å². The average molecular weight is 645 g/mol. The summed E-state index contributed by atoms with van der Waals surface area (Å²) >= 11 is 0. The maximum atomic E-state index is 3.69. The zero-order valence-corrected chi connectivity index (χ0v) is 30.5. The fraction of sp³-hybridized carbons (Fsp3) is 0.522. The summed E-state index contributed by atoms with van der Waals surface area (Å²) in [6.45, 7) is 6.71.